The maximum atomic E-state index is 6.06. The van der Waals surface area contributed by atoms with Gasteiger partial charge in [-0.15, -0.1) is 0 Å². The van der Waals surface area contributed by atoms with Crippen molar-refractivity contribution < 1.29 is 4.74 Å². The van der Waals surface area contributed by atoms with E-state index in [0.29, 0.717) is 12.5 Å². The van der Waals surface area contributed by atoms with E-state index in [1.165, 1.54) is 16.7 Å². The molecule has 2 aromatic carbocycles. The van der Waals surface area contributed by atoms with Crippen molar-refractivity contribution in [1.82, 2.24) is 0 Å². The van der Waals surface area contributed by atoms with Gasteiger partial charge in [0.05, 0.1) is 0 Å². The molecule has 0 aromatic heterocycles. The van der Waals surface area contributed by atoms with Crippen LogP contribution < -0.4 is 10.5 Å². The lowest BCUT2D eigenvalue weighted by Gasteiger charge is -2.19. The third kappa shape index (κ3) is 3.22. The van der Waals surface area contributed by atoms with E-state index in [1.54, 1.807) is 0 Å². The van der Waals surface area contributed by atoms with Crippen LogP contribution in [0.4, 0.5) is 0 Å². The van der Waals surface area contributed by atoms with Crippen LogP contribution in [0.1, 0.15) is 29.0 Å². The first-order valence-electron chi connectivity index (χ1n) is 7.37. The van der Waals surface area contributed by atoms with Gasteiger partial charge in [-0.1, -0.05) is 41.4 Å². The Morgan fingerprint density at radius 1 is 1.24 bits per heavy atom. The number of nitrogens with two attached hydrogens (primary N) is 1. The number of halogens is 1. The Bertz CT molecular complexity index is 624. The summed E-state index contributed by atoms with van der Waals surface area (Å²) >= 11 is 5.95. The molecule has 0 spiro atoms. The van der Waals surface area contributed by atoms with Crippen molar-refractivity contribution in [2.75, 3.05) is 6.54 Å². The molecule has 0 saturated heterocycles. The quantitative estimate of drug-likeness (QED) is 0.923. The molecular weight excluding hydrogens is 282 g/mol. The number of hydrogen-bond donors (Lipinski definition) is 1. The van der Waals surface area contributed by atoms with Crippen molar-refractivity contribution in [2.24, 2.45) is 5.73 Å². The molecule has 3 rings (SSSR count). The average Bonchev–Trinajstić information content (AvgIpc) is 2.87. The minimum absolute atomic E-state index is 0.214. The minimum atomic E-state index is 0.214. The van der Waals surface area contributed by atoms with Crippen LogP contribution in [-0.4, -0.2) is 12.6 Å². The standard InChI is InChI=1S/C18H20ClNO/c1-12-2-7-18-14(8-12)9-17(21-18)10-15(11-20)13-3-5-16(19)6-4-13/h2-8,15,17H,9-11,20H2,1H3. The molecular formula is C18H20ClNO. The predicted octanol–water partition coefficient (Wildman–Crippen LogP) is 4.08. The normalized spacial score (nSPS) is 18.1. The third-order valence-electron chi connectivity index (χ3n) is 4.13. The monoisotopic (exact) mass is 301 g/mol. The molecule has 0 bridgehead atoms. The fourth-order valence-electron chi connectivity index (χ4n) is 3.00. The van der Waals surface area contributed by atoms with E-state index in [1.807, 2.05) is 12.1 Å². The van der Waals surface area contributed by atoms with Crippen molar-refractivity contribution in [1.29, 1.82) is 0 Å². The molecule has 2 atom stereocenters. The number of benzene rings is 2. The van der Waals surface area contributed by atoms with Gasteiger partial charge in [0, 0.05) is 11.4 Å². The average molecular weight is 302 g/mol. The molecule has 2 nitrogen and oxygen atoms in total. The molecule has 110 valence electrons. The van der Waals surface area contributed by atoms with Gasteiger partial charge in [-0.2, -0.15) is 0 Å². The lowest BCUT2D eigenvalue weighted by atomic mass is 9.91. The highest BCUT2D eigenvalue weighted by molar-refractivity contribution is 6.30. The number of ether oxygens (including phenoxy) is 1. The maximum absolute atomic E-state index is 6.06. The van der Waals surface area contributed by atoms with Gasteiger partial charge >= 0.3 is 0 Å². The molecule has 0 fully saturated rings. The van der Waals surface area contributed by atoms with E-state index >= 15 is 0 Å². The Kier molecular flexibility index (Phi) is 4.18. The molecule has 3 heteroatoms. The Morgan fingerprint density at radius 3 is 2.71 bits per heavy atom. The van der Waals surface area contributed by atoms with Crippen LogP contribution >= 0.6 is 11.6 Å². The van der Waals surface area contributed by atoms with Gasteiger partial charge in [0.25, 0.3) is 0 Å². The zero-order valence-electron chi connectivity index (χ0n) is 12.2. The summed E-state index contributed by atoms with van der Waals surface area (Å²) in [4.78, 5) is 0. The van der Waals surface area contributed by atoms with Crippen LogP contribution in [0, 0.1) is 6.92 Å². The summed E-state index contributed by atoms with van der Waals surface area (Å²) in [6.07, 6.45) is 2.12. The van der Waals surface area contributed by atoms with Crippen molar-refractivity contribution in [3.63, 3.8) is 0 Å². The topological polar surface area (TPSA) is 35.2 Å². The highest BCUT2D eigenvalue weighted by Crippen LogP contribution is 2.33. The van der Waals surface area contributed by atoms with Crippen molar-refractivity contribution >= 4 is 11.6 Å². The summed E-state index contributed by atoms with van der Waals surface area (Å²) in [5.74, 6) is 1.33. The third-order valence-corrected chi connectivity index (χ3v) is 4.38. The van der Waals surface area contributed by atoms with Crippen LogP contribution in [0.5, 0.6) is 5.75 Å². The first kappa shape index (κ1) is 14.4. The number of hydrogen-bond acceptors (Lipinski definition) is 2. The van der Waals surface area contributed by atoms with E-state index in [0.717, 1.165) is 23.6 Å². The van der Waals surface area contributed by atoms with E-state index in [-0.39, 0.29) is 6.10 Å². The molecule has 0 radical (unpaired) electrons. The number of fused-ring (bicyclic) bond motifs is 1. The second kappa shape index (κ2) is 6.08. The summed E-state index contributed by atoms with van der Waals surface area (Å²) in [7, 11) is 0. The van der Waals surface area contributed by atoms with Gasteiger partial charge in [-0.05, 0) is 55.1 Å². The molecule has 0 aliphatic carbocycles. The Balaban J connectivity index is 1.70. The zero-order chi connectivity index (χ0) is 14.8. The van der Waals surface area contributed by atoms with Crippen molar-refractivity contribution in [2.45, 2.75) is 31.8 Å². The Morgan fingerprint density at radius 2 is 2.00 bits per heavy atom. The second-order valence-electron chi connectivity index (χ2n) is 5.78. The van der Waals surface area contributed by atoms with Crippen molar-refractivity contribution in [3.8, 4) is 5.75 Å². The van der Waals surface area contributed by atoms with E-state index in [9.17, 15) is 0 Å². The van der Waals surface area contributed by atoms with E-state index < -0.39 is 0 Å². The maximum Gasteiger partial charge on any atom is 0.123 e. The highest BCUT2D eigenvalue weighted by atomic mass is 35.5. The zero-order valence-corrected chi connectivity index (χ0v) is 12.9. The molecule has 2 unspecified atom stereocenters. The highest BCUT2D eigenvalue weighted by Gasteiger charge is 2.26. The molecule has 2 aromatic rings. The van der Waals surface area contributed by atoms with Gasteiger partial charge in [-0.25, -0.2) is 0 Å². The number of rotatable bonds is 4. The van der Waals surface area contributed by atoms with Crippen LogP contribution in [0.2, 0.25) is 5.02 Å². The first-order chi connectivity index (χ1) is 10.2. The van der Waals surface area contributed by atoms with Gasteiger partial charge in [0.1, 0.15) is 11.9 Å². The van der Waals surface area contributed by atoms with Gasteiger partial charge in [0.2, 0.25) is 0 Å². The molecule has 21 heavy (non-hydrogen) atoms. The summed E-state index contributed by atoms with van der Waals surface area (Å²) < 4.78 is 6.06. The molecule has 1 aliphatic heterocycles. The van der Waals surface area contributed by atoms with Gasteiger partial charge < -0.3 is 10.5 Å². The van der Waals surface area contributed by atoms with E-state index in [2.05, 4.69) is 37.3 Å². The lowest BCUT2D eigenvalue weighted by molar-refractivity contribution is 0.210. The smallest absolute Gasteiger partial charge is 0.123 e. The van der Waals surface area contributed by atoms with Crippen LogP contribution in [0.3, 0.4) is 0 Å². The van der Waals surface area contributed by atoms with Crippen molar-refractivity contribution in [3.05, 3.63) is 64.2 Å². The molecule has 1 heterocycles. The predicted molar refractivity (Wildman–Crippen MR) is 87.2 cm³/mol. The Labute approximate surface area is 130 Å². The largest absolute Gasteiger partial charge is 0.490 e. The first-order valence-corrected chi connectivity index (χ1v) is 7.75. The lowest BCUT2D eigenvalue weighted by Crippen LogP contribution is -2.22. The summed E-state index contributed by atoms with van der Waals surface area (Å²) in [5.41, 5.74) is 9.79. The van der Waals surface area contributed by atoms with Gasteiger partial charge in [0.15, 0.2) is 0 Å². The van der Waals surface area contributed by atoms with Crippen LogP contribution in [0.15, 0.2) is 42.5 Å². The number of aryl methyl sites for hydroxylation is 1. The summed E-state index contributed by atoms with van der Waals surface area (Å²) in [6.45, 7) is 2.74. The SMILES string of the molecule is Cc1ccc2c(c1)CC(CC(CN)c1ccc(Cl)cc1)O2. The Hall–Kier alpha value is -1.51. The molecule has 0 saturated carbocycles. The summed E-state index contributed by atoms with van der Waals surface area (Å²) in [5, 5.41) is 0.759. The summed E-state index contributed by atoms with van der Waals surface area (Å²) in [6, 6.07) is 14.4. The van der Waals surface area contributed by atoms with Crippen LogP contribution in [-0.2, 0) is 6.42 Å². The minimum Gasteiger partial charge on any atom is -0.490 e. The van der Waals surface area contributed by atoms with Crippen LogP contribution in [0.25, 0.3) is 0 Å². The molecule has 0 amide bonds. The molecule has 2 N–H and O–H groups in total. The molecule has 1 aliphatic rings. The second-order valence-corrected chi connectivity index (χ2v) is 6.21. The van der Waals surface area contributed by atoms with E-state index in [4.69, 9.17) is 22.1 Å². The fourth-order valence-corrected chi connectivity index (χ4v) is 3.13. The fraction of sp³-hybridized carbons (Fsp3) is 0.333. The van der Waals surface area contributed by atoms with Gasteiger partial charge in [-0.3, -0.25) is 0 Å².